The Labute approximate surface area is 291 Å². The number of carbonyl (C=O) groups is 1. The van der Waals surface area contributed by atoms with E-state index in [0.717, 1.165) is 11.1 Å². The first-order valence-corrected chi connectivity index (χ1v) is 16.6. The van der Waals surface area contributed by atoms with Gasteiger partial charge in [0.05, 0.1) is 52.2 Å². The van der Waals surface area contributed by atoms with Gasteiger partial charge in [-0.05, 0) is 85.1 Å². The van der Waals surface area contributed by atoms with E-state index < -0.39 is 6.04 Å². The molecule has 246 valence electrons. The predicted molar refractivity (Wildman–Crippen MR) is 190 cm³/mol. The molecule has 11 heteroatoms. The van der Waals surface area contributed by atoms with E-state index >= 15 is 0 Å². The van der Waals surface area contributed by atoms with Crippen LogP contribution in [0.3, 0.4) is 0 Å². The lowest BCUT2D eigenvalue weighted by Gasteiger charge is -2.25. The molecule has 0 radical (unpaired) electrons. The lowest BCUT2D eigenvalue weighted by Crippen LogP contribution is -2.40. The number of aromatic nitrogens is 1. The Balaban J connectivity index is 1.39. The minimum absolute atomic E-state index is 0.213. The maximum absolute atomic E-state index is 14.2. The molecule has 0 bridgehead atoms. The van der Waals surface area contributed by atoms with Crippen LogP contribution in [0, 0.1) is 11.3 Å². The Kier molecular flexibility index (Phi) is 9.95. The van der Waals surface area contributed by atoms with Gasteiger partial charge >= 0.3 is 0 Å². The number of methoxy groups -OCH3 is 1. The smallest absolute Gasteiger partial charge is 0.271 e. The Morgan fingerprint density at radius 2 is 1.80 bits per heavy atom. The average molecular weight is 691 g/mol. The minimum Gasteiger partial charge on any atom is -0.494 e. The van der Waals surface area contributed by atoms with E-state index in [2.05, 4.69) is 11.4 Å². The molecule has 9 nitrogen and oxygen atoms in total. The number of rotatable bonds is 10. The first-order chi connectivity index (χ1) is 23.8. The fraction of sp³-hybridized carbons (Fsp3) is 0.158. The number of ether oxygens (including phenoxy) is 3. The van der Waals surface area contributed by atoms with Crippen LogP contribution < -0.4 is 34.4 Å². The lowest BCUT2D eigenvalue weighted by molar-refractivity contribution is -0.113. The number of fused-ring (bicyclic) bond motifs is 1. The molecular formula is C38H31ClN4O5S. The van der Waals surface area contributed by atoms with Crippen molar-refractivity contribution in [1.82, 2.24) is 4.57 Å². The van der Waals surface area contributed by atoms with E-state index in [1.54, 1.807) is 54.0 Å². The summed E-state index contributed by atoms with van der Waals surface area (Å²) in [6.45, 7) is 4.41. The van der Waals surface area contributed by atoms with Gasteiger partial charge in [0.25, 0.3) is 11.5 Å². The lowest BCUT2D eigenvalue weighted by atomic mass is 9.95. The predicted octanol–water partition coefficient (Wildman–Crippen LogP) is 6.39. The van der Waals surface area contributed by atoms with E-state index in [9.17, 15) is 9.59 Å². The second kappa shape index (κ2) is 14.6. The van der Waals surface area contributed by atoms with Gasteiger partial charge in [0, 0.05) is 5.69 Å². The Hall–Kier alpha value is -5.63. The van der Waals surface area contributed by atoms with Crippen LogP contribution in [0.15, 0.2) is 112 Å². The molecule has 1 aliphatic heterocycles. The molecule has 4 aromatic carbocycles. The second-order valence-corrected chi connectivity index (χ2v) is 12.5. The molecule has 2 heterocycles. The summed E-state index contributed by atoms with van der Waals surface area (Å²) in [6, 6.07) is 28.4. The molecule has 0 unspecified atom stereocenters. The highest BCUT2D eigenvalue weighted by Crippen LogP contribution is 2.37. The number of halogens is 1. The molecule has 1 aliphatic rings. The second-order valence-electron chi connectivity index (χ2n) is 11.0. The Morgan fingerprint density at radius 3 is 2.47 bits per heavy atom. The van der Waals surface area contributed by atoms with Gasteiger partial charge in [0.1, 0.15) is 12.4 Å². The summed E-state index contributed by atoms with van der Waals surface area (Å²) in [4.78, 5) is 33.2. The molecule has 0 aliphatic carbocycles. The summed E-state index contributed by atoms with van der Waals surface area (Å²) in [5.74, 6) is 1.08. The molecule has 1 N–H and O–H groups in total. The van der Waals surface area contributed by atoms with Gasteiger partial charge in [0.2, 0.25) is 0 Å². The third-order valence-corrected chi connectivity index (χ3v) is 9.08. The van der Waals surface area contributed by atoms with Crippen LogP contribution in [0.25, 0.3) is 6.08 Å². The molecule has 1 aromatic heterocycles. The third kappa shape index (κ3) is 7.14. The number of hydrogen-bond donors (Lipinski definition) is 1. The zero-order valence-corrected chi connectivity index (χ0v) is 28.5. The van der Waals surface area contributed by atoms with Crippen LogP contribution in [-0.2, 0) is 11.4 Å². The van der Waals surface area contributed by atoms with Crippen LogP contribution in [0.1, 0.15) is 42.1 Å². The van der Waals surface area contributed by atoms with Gasteiger partial charge in [0.15, 0.2) is 16.3 Å². The number of para-hydroxylation sites is 1. The highest BCUT2D eigenvalue weighted by molar-refractivity contribution is 7.07. The quantitative estimate of drug-likeness (QED) is 0.182. The van der Waals surface area contributed by atoms with E-state index in [1.165, 1.54) is 18.4 Å². The number of allylic oxidation sites excluding steroid dienone is 1. The maximum atomic E-state index is 14.2. The van der Waals surface area contributed by atoms with Crippen molar-refractivity contribution in [3.63, 3.8) is 0 Å². The van der Waals surface area contributed by atoms with Crippen molar-refractivity contribution in [2.24, 2.45) is 4.99 Å². The summed E-state index contributed by atoms with van der Waals surface area (Å²) in [5, 5.41) is 12.3. The first kappa shape index (κ1) is 33.3. The van der Waals surface area contributed by atoms with Gasteiger partial charge in [-0.15, -0.1) is 0 Å². The molecule has 1 atom stereocenters. The van der Waals surface area contributed by atoms with Crippen molar-refractivity contribution in [2.75, 3.05) is 19.0 Å². The maximum Gasteiger partial charge on any atom is 0.271 e. The fourth-order valence-electron chi connectivity index (χ4n) is 5.51. The van der Waals surface area contributed by atoms with Gasteiger partial charge in [-0.1, -0.05) is 65.4 Å². The number of nitriles is 1. The van der Waals surface area contributed by atoms with Crippen LogP contribution in [0.4, 0.5) is 5.69 Å². The first-order valence-electron chi connectivity index (χ1n) is 15.4. The van der Waals surface area contributed by atoms with E-state index in [1.807, 2.05) is 61.5 Å². The standard InChI is InChI=1S/C38H31ClN4O5S/c1-4-47-29-16-14-27(15-17-29)34-33(36(44)42-28-8-6-5-7-9-28)23(2)41-38-43(34)37(45)32(49-38)20-26-18-30(39)35(31(19-26)46-3)48-22-25-12-10-24(21-40)11-13-25/h5-20,34H,4,22H2,1-3H3,(H,42,44)/b32-20-/t34-/m0/s1. The van der Waals surface area contributed by atoms with Crippen molar-refractivity contribution >= 4 is 40.6 Å². The number of nitrogens with one attached hydrogen (secondary N) is 1. The number of thiazole rings is 1. The molecule has 6 rings (SSSR count). The number of amides is 1. The number of benzene rings is 4. The zero-order chi connectivity index (χ0) is 34.5. The van der Waals surface area contributed by atoms with Gasteiger partial charge < -0.3 is 19.5 Å². The monoisotopic (exact) mass is 690 g/mol. The topological polar surface area (TPSA) is 115 Å². The van der Waals surface area contributed by atoms with Gasteiger partial charge in [-0.3, -0.25) is 14.2 Å². The van der Waals surface area contributed by atoms with Gasteiger partial charge in [-0.25, -0.2) is 4.99 Å². The highest BCUT2D eigenvalue weighted by atomic mass is 35.5. The summed E-state index contributed by atoms with van der Waals surface area (Å²) >= 11 is 7.91. The highest BCUT2D eigenvalue weighted by Gasteiger charge is 2.32. The number of anilines is 1. The van der Waals surface area contributed by atoms with Crippen molar-refractivity contribution in [2.45, 2.75) is 26.5 Å². The molecule has 0 fully saturated rings. The molecule has 0 saturated heterocycles. The molecule has 0 spiro atoms. The normalized spacial score (nSPS) is 14.0. The van der Waals surface area contributed by atoms with Crippen LogP contribution >= 0.6 is 22.9 Å². The molecule has 49 heavy (non-hydrogen) atoms. The average Bonchev–Trinajstić information content (AvgIpc) is 3.41. The third-order valence-electron chi connectivity index (χ3n) is 7.82. The SMILES string of the molecule is CCOc1ccc([C@H]2C(C(=O)Nc3ccccc3)=C(C)N=c3s/c(=C\c4cc(Cl)c(OCc5ccc(C#N)cc5)c(OC)c4)c(=O)n32)cc1. The zero-order valence-electron chi connectivity index (χ0n) is 26.9. The van der Waals surface area contributed by atoms with Crippen molar-refractivity contribution in [3.05, 3.63) is 149 Å². The summed E-state index contributed by atoms with van der Waals surface area (Å²) in [5.41, 5.74) is 3.96. The number of nitrogens with zero attached hydrogens (tertiary/aromatic N) is 3. The molecule has 0 saturated carbocycles. The minimum atomic E-state index is -0.742. The Bertz CT molecular complexity index is 2270. The van der Waals surface area contributed by atoms with E-state index in [0.29, 0.717) is 66.3 Å². The van der Waals surface area contributed by atoms with Crippen LogP contribution in [-0.4, -0.2) is 24.2 Å². The number of hydrogen-bond acceptors (Lipinski definition) is 8. The summed E-state index contributed by atoms with van der Waals surface area (Å²) < 4.78 is 19.2. The summed E-state index contributed by atoms with van der Waals surface area (Å²) in [6.07, 6.45) is 1.72. The van der Waals surface area contributed by atoms with Crippen LogP contribution in [0.2, 0.25) is 5.02 Å². The van der Waals surface area contributed by atoms with Crippen molar-refractivity contribution < 1.29 is 19.0 Å². The summed E-state index contributed by atoms with van der Waals surface area (Å²) in [7, 11) is 1.51. The van der Waals surface area contributed by atoms with Crippen molar-refractivity contribution in [1.29, 1.82) is 5.26 Å². The van der Waals surface area contributed by atoms with E-state index in [-0.39, 0.29) is 18.1 Å². The fourth-order valence-corrected chi connectivity index (χ4v) is 6.83. The largest absolute Gasteiger partial charge is 0.494 e. The van der Waals surface area contributed by atoms with Crippen LogP contribution in [0.5, 0.6) is 17.2 Å². The number of carbonyl (C=O) groups excluding carboxylic acids is 1. The van der Waals surface area contributed by atoms with Gasteiger partial charge in [-0.2, -0.15) is 5.26 Å². The molecule has 1 amide bonds. The van der Waals surface area contributed by atoms with Crippen molar-refractivity contribution in [3.8, 4) is 23.3 Å². The molecular weight excluding hydrogens is 660 g/mol. The Morgan fingerprint density at radius 1 is 1.06 bits per heavy atom. The molecule has 5 aromatic rings. The van der Waals surface area contributed by atoms with E-state index in [4.69, 9.17) is 36.1 Å².